The lowest BCUT2D eigenvalue weighted by atomic mass is 10.00. The van der Waals surface area contributed by atoms with E-state index in [1.165, 1.54) is 0 Å². The largest absolute Gasteiger partial charge is 0.301 e. The fourth-order valence-electron chi connectivity index (χ4n) is 2.14. The highest BCUT2D eigenvalue weighted by Gasteiger charge is 2.19. The maximum atomic E-state index is 12.2. The van der Waals surface area contributed by atoms with Gasteiger partial charge in [-0.1, -0.05) is 26.8 Å². The van der Waals surface area contributed by atoms with E-state index in [0.717, 1.165) is 23.3 Å². The molecule has 0 fully saturated rings. The van der Waals surface area contributed by atoms with Crippen LogP contribution in [0.1, 0.15) is 44.4 Å². The van der Waals surface area contributed by atoms with E-state index in [-0.39, 0.29) is 23.8 Å². The van der Waals surface area contributed by atoms with Gasteiger partial charge in [-0.3, -0.25) is 9.59 Å². The second-order valence-corrected chi connectivity index (χ2v) is 4.71. The molecule has 0 aromatic carbocycles. The zero-order valence-electron chi connectivity index (χ0n) is 10.5. The van der Waals surface area contributed by atoms with Gasteiger partial charge in [-0.15, -0.1) is 0 Å². The highest BCUT2D eigenvalue weighted by Crippen LogP contribution is 2.18. The van der Waals surface area contributed by atoms with E-state index in [2.05, 4.69) is 0 Å². The molecule has 0 unspecified atom stereocenters. The van der Waals surface area contributed by atoms with Crippen LogP contribution in [0.25, 0.3) is 6.08 Å². The zero-order chi connectivity index (χ0) is 12.6. The van der Waals surface area contributed by atoms with Crippen molar-refractivity contribution < 1.29 is 4.79 Å². The average Bonchev–Trinajstić information content (AvgIpc) is 2.29. The molecule has 90 valence electrons. The molecule has 0 spiro atoms. The lowest BCUT2D eigenvalue weighted by Crippen LogP contribution is -2.32. The van der Waals surface area contributed by atoms with Crippen LogP contribution in [0.2, 0.25) is 0 Å². The van der Waals surface area contributed by atoms with Gasteiger partial charge in [0.15, 0.2) is 5.78 Å². The molecule has 2 heterocycles. The number of rotatable bonds is 2. The molecule has 3 nitrogen and oxygen atoms in total. The van der Waals surface area contributed by atoms with Gasteiger partial charge < -0.3 is 4.57 Å². The number of Topliss-reactive ketones (excluding diaryl/α,β-unsaturated/α-hetero) is 1. The van der Waals surface area contributed by atoms with Crippen molar-refractivity contribution in [1.82, 2.24) is 4.57 Å². The van der Waals surface area contributed by atoms with Gasteiger partial charge in [0.25, 0.3) is 5.56 Å². The lowest BCUT2D eigenvalue weighted by molar-refractivity contribution is -0.116. The number of ketones is 1. The fourth-order valence-corrected chi connectivity index (χ4v) is 2.14. The molecule has 3 heteroatoms. The van der Waals surface area contributed by atoms with Gasteiger partial charge in [0.05, 0.1) is 6.54 Å². The molecule has 1 aliphatic rings. The SMILES string of the molecule is CCC1=Cc2ccc(C(C)C)c(=O)n2CC1=O. The summed E-state index contributed by atoms with van der Waals surface area (Å²) in [5, 5.41) is 0. The summed E-state index contributed by atoms with van der Waals surface area (Å²) in [4.78, 5) is 24.0. The van der Waals surface area contributed by atoms with E-state index in [4.69, 9.17) is 0 Å². The van der Waals surface area contributed by atoms with Crippen molar-refractivity contribution in [1.29, 1.82) is 0 Å². The van der Waals surface area contributed by atoms with Crippen molar-refractivity contribution in [3.8, 4) is 0 Å². The molecule has 0 saturated heterocycles. The molecule has 0 N–H and O–H groups in total. The van der Waals surface area contributed by atoms with E-state index in [1.54, 1.807) is 4.57 Å². The topological polar surface area (TPSA) is 39.1 Å². The summed E-state index contributed by atoms with van der Waals surface area (Å²) < 4.78 is 1.58. The Morgan fingerprint density at radius 2 is 2.00 bits per heavy atom. The summed E-state index contributed by atoms with van der Waals surface area (Å²) in [6, 6.07) is 3.80. The lowest BCUT2D eigenvalue weighted by Gasteiger charge is -2.18. The van der Waals surface area contributed by atoms with Crippen LogP contribution in [0, 0.1) is 0 Å². The number of allylic oxidation sites excluding steroid dienone is 1. The highest BCUT2D eigenvalue weighted by atomic mass is 16.1. The monoisotopic (exact) mass is 231 g/mol. The van der Waals surface area contributed by atoms with Crippen molar-refractivity contribution in [2.75, 3.05) is 0 Å². The molecule has 1 aromatic heterocycles. The number of pyridine rings is 1. The molecule has 17 heavy (non-hydrogen) atoms. The third-order valence-corrected chi connectivity index (χ3v) is 3.22. The minimum Gasteiger partial charge on any atom is -0.301 e. The van der Waals surface area contributed by atoms with Crippen LogP contribution in [0.4, 0.5) is 0 Å². The van der Waals surface area contributed by atoms with Crippen LogP contribution in [0.5, 0.6) is 0 Å². The van der Waals surface area contributed by atoms with Crippen molar-refractivity contribution >= 4 is 11.9 Å². The molecule has 0 bridgehead atoms. The maximum absolute atomic E-state index is 12.2. The van der Waals surface area contributed by atoms with Gasteiger partial charge in [-0.2, -0.15) is 0 Å². The molecular weight excluding hydrogens is 214 g/mol. The fraction of sp³-hybridized carbons (Fsp3) is 0.429. The predicted octanol–water partition coefficient (Wildman–Crippen LogP) is 2.35. The quantitative estimate of drug-likeness (QED) is 0.783. The molecule has 0 radical (unpaired) electrons. The number of hydrogen-bond acceptors (Lipinski definition) is 2. The Morgan fingerprint density at radius 3 is 2.59 bits per heavy atom. The first-order chi connectivity index (χ1) is 8.04. The molecule has 0 saturated carbocycles. The van der Waals surface area contributed by atoms with Crippen molar-refractivity contribution in [2.24, 2.45) is 0 Å². The summed E-state index contributed by atoms with van der Waals surface area (Å²) >= 11 is 0. The first kappa shape index (κ1) is 11.8. The summed E-state index contributed by atoms with van der Waals surface area (Å²) in [5.41, 5.74) is 2.39. The predicted molar refractivity (Wildman–Crippen MR) is 68.1 cm³/mol. The second-order valence-electron chi connectivity index (χ2n) is 4.71. The molecule has 2 rings (SSSR count). The summed E-state index contributed by atoms with van der Waals surface area (Å²) in [6.45, 7) is 6.12. The number of carbonyl (C=O) groups excluding carboxylic acids is 1. The number of nitrogens with zero attached hydrogens (tertiary/aromatic N) is 1. The minimum atomic E-state index is -0.0303. The van der Waals surface area contributed by atoms with Gasteiger partial charge >= 0.3 is 0 Å². The normalized spacial score (nSPS) is 14.8. The molecule has 0 amide bonds. The van der Waals surface area contributed by atoms with Crippen LogP contribution < -0.4 is 5.56 Å². The number of fused-ring (bicyclic) bond motifs is 1. The third kappa shape index (κ3) is 1.97. The molecule has 1 aromatic rings. The van der Waals surface area contributed by atoms with E-state index in [1.807, 2.05) is 39.0 Å². The van der Waals surface area contributed by atoms with Crippen molar-refractivity contribution in [2.45, 2.75) is 39.7 Å². The van der Waals surface area contributed by atoms with Gasteiger partial charge in [-0.05, 0) is 30.1 Å². The van der Waals surface area contributed by atoms with E-state index in [9.17, 15) is 9.59 Å². The Balaban J connectivity index is 2.61. The Kier molecular flexibility index (Phi) is 3.01. The molecule has 0 atom stereocenters. The third-order valence-electron chi connectivity index (χ3n) is 3.22. The Labute approximate surface area is 101 Å². The summed E-state index contributed by atoms with van der Waals surface area (Å²) in [5.74, 6) is 0.245. The van der Waals surface area contributed by atoms with Gasteiger partial charge in [0.1, 0.15) is 0 Å². The number of carbonyl (C=O) groups is 1. The van der Waals surface area contributed by atoms with Crippen LogP contribution >= 0.6 is 0 Å². The Bertz CT molecular complexity index is 550. The van der Waals surface area contributed by atoms with Crippen molar-refractivity contribution in [3.63, 3.8) is 0 Å². The van der Waals surface area contributed by atoms with Gasteiger partial charge in [-0.25, -0.2) is 0 Å². The molecular formula is C14H17NO2. The highest BCUT2D eigenvalue weighted by molar-refractivity contribution is 6.00. The molecule has 0 aliphatic carbocycles. The first-order valence-electron chi connectivity index (χ1n) is 6.02. The summed E-state index contributed by atoms with van der Waals surface area (Å²) in [7, 11) is 0. The minimum absolute atomic E-state index is 0.0303. The average molecular weight is 231 g/mol. The number of aromatic nitrogens is 1. The van der Waals surface area contributed by atoms with Crippen LogP contribution in [0.3, 0.4) is 0 Å². The van der Waals surface area contributed by atoms with Crippen LogP contribution in [0.15, 0.2) is 22.5 Å². The standard InChI is InChI=1S/C14H17NO2/c1-4-10-7-11-5-6-12(9(2)3)14(17)15(11)8-13(10)16/h5-7,9H,4,8H2,1-3H3. The van der Waals surface area contributed by atoms with E-state index < -0.39 is 0 Å². The Morgan fingerprint density at radius 1 is 1.29 bits per heavy atom. The maximum Gasteiger partial charge on any atom is 0.254 e. The van der Waals surface area contributed by atoms with Crippen LogP contribution in [-0.4, -0.2) is 10.4 Å². The zero-order valence-corrected chi connectivity index (χ0v) is 10.5. The second kappa shape index (κ2) is 4.32. The Hall–Kier alpha value is -1.64. The van der Waals surface area contributed by atoms with Gasteiger partial charge in [0, 0.05) is 11.3 Å². The number of hydrogen-bond donors (Lipinski definition) is 0. The van der Waals surface area contributed by atoms with Gasteiger partial charge in [0.2, 0.25) is 0 Å². The van der Waals surface area contributed by atoms with E-state index >= 15 is 0 Å². The molecule has 1 aliphatic heterocycles. The van der Waals surface area contributed by atoms with Crippen LogP contribution in [-0.2, 0) is 11.3 Å². The first-order valence-corrected chi connectivity index (χ1v) is 6.02. The van der Waals surface area contributed by atoms with E-state index in [0.29, 0.717) is 0 Å². The smallest absolute Gasteiger partial charge is 0.254 e. The summed E-state index contributed by atoms with van der Waals surface area (Å²) in [6.07, 6.45) is 2.55. The van der Waals surface area contributed by atoms with Crippen molar-refractivity contribution in [3.05, 3.63) is 39.3 Å².